The van der Waals surface area contributed by atoms with E-state index in [0.29, 0.717) is 19.0 Å². The van der Waals surface area contributed by atoms with Crippen LogP contribution in [-0.2, 0) is 23.2 Å². The Labute approximate surface area is 202 Å². The zero-order chi connectivity index (χ0) is 21.6. The molecule has 1 saturated heterocycles. The molecule has 2 aromatic rings. The van der Waals surface area contributed by atoms with Gasteiger partial charge in [0.2, 0.25) is 5.89 Å². The second-order valence-electron chi connectivity index (χ2n) is 8.57. The van der Waals surface area contributed by atoms with E-state index in [-0.39, 0.29) is 35.5 Å². The molecule has 0 bridgehead atoms. The van der Waals surface area contributed by atoms with Crippen LogP contribution in [0.4, 0.5) is 5.82 Å². The highest BCUT2D eigenvalue weighted by atomic mass is 127. The highest BCUT2D eigenvalue weighted by Crippen LogP contribution is 2.22. The summed E-state index contributed by atoms with van der Waals surface area (Å²) in [6.07, 6.45) is 3.87. The summed E-state index contributed by atoms with van der Waals surface area (Å²) in [4.78, 5) is 15.9. The molecule has 1 atom stereocenters. The first-order valence-corrected chi connectivity index (χ1v) is 10.6. The number of hydrogen-bond acceptors (Lipinski definition) is 6. The Morgan fingerprint density at radius 3 is 2.77 bits per heavy atom. The van der Waals surface area contributed by atoms with Gasteiger partial charge in [0.15, 0.2) is 5.96 Å². The average molecular weight is 542 g/mol. The molecule has 2 N–H and O–H groups in total. The number of aliphatic imine (C=N–C) groups is 1. The fourth-order valence-corrected chi connectivity index (χ4v) is 3.17. The van der Waals surface area contributed by atoms with Crippen molar-refractivity contribution >= 4 is 35.8 Å². The first kappa shape index (κ1) is 25.4. The molecule has 9 heteroatoms. The van der Waals surface area contributed by atoms with E-state index in [1.807, 2.05) is 19.2 Å². The van der Waals surface area contributed by atoms with Crippen LogP contribution in [0.1, 0.15) is 51.8 Å². The van der Waals surface area contributed by atoms with Gasteiger partial charge in [-0.15, -0.1) is 24.0 Å². The van der Waals surface area contributed by atoms with Crippen molar-refractivity contribution < 1.29 is 9.15 Å². The highest BCUT2D eigenvalue weighted by Gasteiger charge is 2.19. The average Bonchev–Trinajstić information content (AvgIpc) is 3.20. The number of morpholine rings is 1. The van der Waals surface area contributed by atoms with Crippen LogP contribution in [0.5, 0.6) is 0 Å². The van der Waals surface area contributed by atoms with Crippen LogP contribution in [0.3, 0.4) is 0 Å². The van der Waals surface area contributed by atoms with Crippen molar-refractivity contribution in [3.8, 4) is 0 Å². The summed E-state index contributed by atoms with van der Waals surface area (Å²) in [5.41, 5.74) is 1.06. The summed E-state index contributed by atoms with van der Waals surface area (Å²) < 4.78 is 11.5. The van der Waals surface area contributed by atoms with Crippen molar-refractivity contribution in [2.45, 2.75) is 59.2 Å². The number of hydrogen-bond donors (Lipinski definition) is 2. The molecule has 1 fully saturated rings. The van der Waals surface area contributed by atoms with Gasteiger partial charge in [0.1, 0.15) is 11.6 Å². The molecule has 31 heavy (non-hydrogen) atoms. The molecule has 0 amide bonds. The quantitative estimate of drug-likeness (QED) is 0.329. The minimum Gasteiger partial charge on any atom is -0.443 e. The summed E-state index contributed by atoms with van der Waals surface area (Å²) >= 11 is 0. The van der Waals surface area contributed by atoms with E-state index < -0.39 is 0 Å². The highest BCUT2D eigenvalue weighted by molar-refractivity contribution is 14.0. The summed E-state index contributed by atoms with van der Waals surface area (Å²) in [5, 5.41) is 6.57. The maximum atomic E-state index is 5.85. The monoisotopic (exact) mass is 542 g/mol. The summed E-state index contributed by atoms with van der Waals surface area (Å²) in [6, 6.07) is 4.11. The van der Waals surface area contributed by atoms with Gasteiger partial charge < -0.3 is 24.7 Å². The number of halogens is 1. The van der Waals surface area contributed by atoms with Crippen molar-refractivity contribution in [2.75, 3.05) is 31.1 Å². The van der Waals surface area contributed by atoms with Crippen LogP contribution in [0.2, 0.25) is 0 Å². The number of rotatable bonds is 6. The molecule has 0 radical (unpaired) electrons. The molecule has 1 unspecified atom stereocenters. The molecule has 1 aliphatic rings. The molecule has 172 valence electrons. The van der Waals surface area contributed by atoms with Crippen molar-refractivity contribution in [3.63, 3.8) is 0 Å². The Morgan fingerprint density at radius 2 is 2.10 bits per heavy atom. The van der Waals surface area contributed by atoms with Gasteiger partial charge in [-0.25, -0.2) is 15.0 Å². The molecular formula is C22H35IN6O2. The number of anilines is 1. The predicted molar refractivity (Wildman–Crippen MR) is 134 cm³/mol. The van der Waals surface area contributed by atoms with Crippen LogP contribution in [0.25, 0.3) is 0 Å². The Morgan fingerprint density at radius 1 is 1.29 bits per heavy atom. The van der Waals surface area contributed by atoms with E-state index in [0.717, 1.165) is 49.3 Å². The van der Waals surface area contributed by atoms with Crippen molar-refractivity contribution in [2.24, 2.45) is 4.99 Å². The summed E-state index contributed by atoms with van der Waals surface area (Å²) in [5.74, 6) is 3.23. The molecular weight excluding hydrogens is 507 g/mol. The van der Waals surface area contributed by atoms with Crippen LogP contribution in [0.15, 0.2) is 33.9 Å². The zero-order valence-electron chi connectivity index (χ0n) is 19.1. The summed E-state index contributed by atoms with van der Waals surface area (Å²) in [6.45, 7) is 14.7. The third-order valence-corrected chi connectivity index (χ3v) is 4.84. The number of nitrogens with zero attached hydrogens (tertiary/aromatic N) is 4. The molecule has 8 nitrogen and oxygen atoms in total. The molecule has 3 rings (SSSR count). The number of aromatic nitrogens is 2. The maximum Gasteiger partial charge on any atom is 0.213 e. The second kappa shape index (κ2) is 11.7. The third-order valence-electron chi connectivity index (χ3n) is 4.84. The molecule has 0 aromatic carbocycles. The van der Waals surface area contributed by atoms with Gasteiger partial charge in [0.25, 0.3) is 0 Å². The van der Waals surface area contributed by atoms with Gasteiger partial charge in [-0.05, 0) is 31.5 Å². The van der Waals surface area contributed by atoms with E-state index in [9.17, 15) is 0 Å². The van der Waals surface area contributed by atoms with Gasteiger partial charge in [-0.3, -0.25) is 0 Å². The number of nitrogens with one attached hydrogen (secondary N) is 2. The van der Waals surface area contributed by atoms with Crippen LogP contribution in [-0.4, -0.2) is 48.3 Å². The number of ether oxygens (including phenoxy) is 1. The molecule has 0 spiro atoms. The van der Waals surface area contributed by atoms with Gasteiger partial charge in [-0.2, -0.15) is 0 Å². The lowest BCUT2D eigenvalue weighted by Crippen LogP contribution is -2.41. The summed E-state index contributed by atoms with van der Waals surface area (Å²) in [7, 11) is 0. The van der Waals surface area contributed by atoms with Crippen molar-refractivity contribution in [1.29, 1.82) is 0 Å². The Balaban J connectivity index is 0.00000341. The predicted octanol–water partition coefficient (Wildman–Crippen LogP) is 3.47. The number of oxazole rings is 1. The van der Waals surface area contributed by atoms with E-state index in [1.54, 1.807) is 6.20 Å². The van der Waals surface area contributed by atoms with Gasteiger partial charge in [0.05, 0.1) is 32.0 Å². The van der Waals surface area contributed by atoms with Gasteiger partial charge in [0, 0.05) is 31.2 Å². The lowest BCUT2D eigenvalue weighted by atomic mass is 9.94. The fourth-order valence-electron chi connectivity index (χ4n) is 3.17. The maximum absolute atomic E-state index is 5.85. The smallest absolute Gasteiger partial charge is 0.213 e. The molecule has 0 saturated carbocycles. The van der Waals surface area contributed by atoms with Crippen molar-refractivity contribution in [3.05, 3.63) is 41.7 Å². The second-order valence-corrected chi connectivity index (χ2v) is 8.57. The lowest BCUT2D eigenvalue weighted by molar-refractivity contribution is 0.0529. The van der Waals surface area contributed by atoms with Crippen LogP contribution >= 0.6 is 24.0 Å². The normalized spacial score (nSPS) is 17.3. The van der Waals surface area contributed by atoms with Gasteiger partial charge >= 0.3 is 0 Å². The minimum absolute atomic E-state index is 0. The van der Waals surface area contributed by atoms with E-state index in [2.05, 4.69) is 59.3 Å². The molecule has 3 heterocycles. The topological polar surface area (TPSA) is 87.8 Å². The third kappa shape index (κ3) is 7.64. The first-order valence-electron chi connectivity index (χ1n) is 10.6. The molecule has 2 aromatic heterocycles. The Hall–Kier alpha value is -1.88. The SMILES string of the molecule is CCNC(=NCc1ccnc(N2CCOC(C)C2)c1)NCc1ncc(C(C)(C)C)o1.I. The molecule has 1 aliphatic heterocycles. The van der Waals surface area contributed by atoms with Crippen LogP contribution in [0, 0.1) is 0 Å². The lowest BCUT2D eigenvalue weighted by Gasteiger charge is -2.32. The van der Waals surface area contributed by atoms with E-state index in [1.165, 1.54) is 0 Å². The van der Waals surface area contributed by atoms with Crippen LogP contribution < -0.4 is 15.5 Å². The first-order chi connectivity index (χ1) is 14.3. The van der Waals surface area contributed by atoms with E-state index >= 15 is 0 Å². The minimum atomic E-state index is -0.0544. The van der Waals surface area contributed by atoms with Crippen molar-refractivity contribution in [1.82, 2.24) is 20.6 Å². The van der Waals surface area contributed by atoms with Gasteiger partial charge in [-0.1, -0.05) is 20.8 Å². The largest absolute Gasteiger partial charge is 0.443 e. The Bertz CT molecular complexity index is 849. The molecule has 0 aliphatic carbocycles. The van der Waals surface area contributed by atoms with E-state index in [4.69, 9.17) is 14.1 Å². The number of pyridine rings is 1. The zero-order valence-corrected chi connectivity index (χ0v) is 21.5. The Kier molecular flexibility index (Phi) is 9.54. The fraction of sp³-hybridized carbons (Fsp3) is 0.591. The standard InChI is InChI=1S/C22H34N6O2.HI/c1-6-23-21(27-14-20-25-13-18(30-20)22(3,4)5)26-12-17-7-8-24-19(11-17)28-9-10-29-16(2)15-28;/h7-8,11,13,16H,6,9-10,12,14-15H2,1-5H3,(H2,23,26,27);1H. The number of guanidine groups is 1.